The number of benzene rings is 2. The smallest absolute Gasteiger partial charge is 0.259 e. The first-order valence-corrected chi connectivity index (χ1v) is 5.72. The molecule has 2 aromatic carbocycles. The Balaban J connectivity index is 2.21. The molecule has 0 atom stereocenters. The van der Waals surface area contributed by atoms with E-state index in [9.17, 15) is 9.90 Å². The highest BCUT2D eigenvalue weighted by molar-refractivity contribution is 6.06. The van der Waals surface area contributed by atoms with Gasteiger partial charge < -0.3 is 10.4 Å². The second-order valence-electron chi connectivity index (χ2n) is 4.11. The van der Waals surface area contributed by atoms with Gasteiger partial charge in [-0.25, -0.2) is 0 Å². The molecule has 0 aliphatic heterocycles. The van der Waals surface area contributed by atoms with Gasteiger partial charge in [0.25, 0.3) is 5.91 Å². The molecule has 2 rings (SSSR count). The third-order valence-corrected chi connectivity index (χ3v) is 2.75. The molecule has 1 amide bonds. The molecule has 0 bridgehead atoms. The van der Waals surface area contributed by atoms with Gasteiger partial charge in [0.1, 0.15) is 5.75 Å². The van der Waals surface area contributed by atoms with Crippen molar-refractivity contribution in [1.82, 2.24) is 0 Å². The van der Waals surface area contributed by atoms with Crippen molar-refractivity contribution >= 4 is 11.6 Å². The van der Waals surface area contributed by atoms with Crippen molar-refractivity contribution in [2.24, 2.45) is 0 Å². The minimum Gasteiger partial charge on any atom is -0.507 e. The average Bonchev–Trinajstić information content (AvgIpc) is 2.42. The van der Waals surface area contributed by atoms with E-state index in [2.05, 4.69) is 5.32 Å². The summed E-state index contributed by atoms with van der Waals surface area (Å²) in [4.78, 5) is 12.0. The number of nitriles is 1. The standard InChI is InChI=1S/C15H12N2O2/c1-10-3-2-4-13(14(10)18)15(19)17-12-7-5-11(9-16)6-8-12/h2-8,18H,1H3,(H,17,19). The number of anilines is 1. The Kier molecular flexibility index (Phi) is 3.48. The molecule has 94 valence electrons. The van der Waals surface area contributed by atoms with Crippen molar-refractivity contribution in [1.29, 1.82) is 5.26 Å². The molecule has 0 spiro atoms. The van der Waals surface area contributed by atoms with Crippen molar-refractivity contribution in [3.05, 3.63) is 59.2 Å². The highest BCUT2D eigenvalue weighted by atomic mass is 16.3. The molecule has 0 heterocycles. The molecule has 0 radical (unpaired) electrons. The molecule has 0 fully saturated rings. The third-order valence-electron chi connectivity index (χ3n) is 2.75. The van der Waals surface area contributed by atoms with E-state index < -0.39 is 0 Å². The maximum Gasteiger partial charge on any atom is 0.259 e. The lowest BCUT2D eigenvalue weighted by atomic mass is 10.1. The average molecular weight is 252 g/mol. The number of phenols is 1. The van der Waals surface area contributed by atoms with Crippen LogP contribution in [-0.4, -0.2) is 11.0 Å². The number of rotatable bonds is 2. The number of hydrogen-bond acceptors (Lipinski definition) is 3. The molecule has 2 aromatic rings. The summed E-state index contributed by atoms with van der Waals surface area (Å²) < 4.78 is 0. The third kappa shape index (κ3) is 2.72. The highest BCUT2D eigenvalue weighted by Gasteiger charge is 2.12. The number of amides is 1. The van der Waals surface area contributed by atoms with Crippen molar-refractivity contribution in [3.63, 3.8) is 0 Å². The maximum absolute atomic E-state index is 12.0. The van der Waals surface area contributed by atoms with E-state index in [0.717, 1.165) is 0 Å². The lowest BCUT2D eigenvalue weighted by molar-refractivity contribution is 0.102. The summed E-state index contributed by atoms with van der Waals surface area (Å²) >= 11 is 0. The molecule has 4 nitrogen and oxygen atoms in total. The summed E-state index contributed by atoms with van der Waals surface area (Å²) in [5, 5.41) is 21.2. The van der Waals surface area contributed by atoms with Crippen molar-refractivity contribution in [2.45, 2.75) is 6.92 Å². The quantitative estimate of drug-likeness (QED) is 0.863. The van der Waals surface area contributed by atoms with Gasteiger partial charge in [0.2, 0.25) is 0 Å². The summed E-state index contributed by atoms with van der Waals surface area (Å²) in [6.07, 6.45) is 0. The number of hydrogen-bond donors (Lipinski definition) is 2. The normalized spacial score (nSPS) is 9.68. The number of para-hydroxylation sites is 1. The molecule has 4 heteroatoms. The van der Waals surface area contributed by atoms with Gasteiger partial charge in [0, 0.05) is 5.69 Å². The summed E-state index contributed by atoms with van der Waals surface area (Å²) in [6.45, 7) is 1.73. The topological polar surface area (TPSA) is 73.1 Å². The van der Waals surface area contributed by atoms with E-state index >= 15 is 0 Å². The number of nitrogens with one attached hydrogen (secondary N) is 1. The molecule has 19 heavy (non-hydrogen) atoms. The molecule has 2 N–H and O–H groups in total. The first kappa shape index (κ1) is 12.7. The lowest BCUT2D eigenvalue weighted by Gasteiger charge is -2.08. The van der Waals surface area contributed by atoms with Crippen LogP contribution in [0.2, 0.25) is 0 Å². The van der Waals surface area contributed by atoms with Gasteiger partial charge in [0.05, 0.1) is 17.2 Å². The number of phenolic OH excluding ortho intramolecular Hbond substituents is 1. The van der Waals surface area contributed by atoms with E-state index in [1.54, 1.807) is 49.4 Å². The van der Waals surface area contributed by atoms with Gasteiger partial charge >= 0.3 is 0 Å². The van der Waals surface area contributed by atoms with Crippen LogP contribution in [0.3, 0.4) is 0 Å². The second-order valence-corrected chi connectivity index (χ2v) is 4.11. The van der Waals surface area contributed by atoms with Crippen molar-refractivity contribution in [3.8, 4) is 11.8 Å². The molecule has 0 unspecified atom stereocenters. The Morgan fingerprint density at radius 3 is 2.53 bits per heavy atom. The summed E-state index contributed by atoms with van der Waals surface area (Å²) in [5.74, 6) is -0.403. The summed E-state index contributed by atoms with van der Waals surface area (Å²) in [5.41, 5.74) is 1.97. The first-order valence-electron chi connectivity index (χ1n) is 5.72. The number of nitrogens with zero attached hydrogens (tertiary/aromatic N) is 1. The molecule has 0 saturated heterocycles. The molecular formula is C15H12N2O2. The predicted molar refractivity (Wildman–Crippen MR) is 72.0 cm³/mol. The van der Waals surface area contributed by atoms with Gasteiger partial charge in [-0.15, -0.1) is 0 Å². The van der Waals surface area contributed by atoms with Crippen LogP contribution in [0.15, 0.2) is 42.5 Å². The fourth-order valence-electron chi connectivity index (χ4n) is 1.67. The molecule has 0 aromatic heterocycles. The fourth-order valence-corrected chi connectivity index (χ4v) is 1.67. The Hall–Kier alpha value is -2.80. The van der Waals surface area contributed by atoms with Crippen LogP contribution in [0.25, 0.3) is 0 Å². The van der Waals surface area contributed by atoms with Crippen LogP contribution in [-0.2, 0) is 0 Å². The highest BCUT2D eigenvalue weighted by Crippen LogP contribution is 2.22. The number of carbonyl (C=O) groups is 1. The van der Waals surface area contributed by atoms with Gasteiger partial charge in [-0.05, 0) is 42.8 Å². The predicted octanol–water partition coefficient (Wildman–Crippen LogP) is 2.82. The van der Waals surface area contributed by atoms with Crippen LogP contribution in [0.4, 0.5) is 5.69 Å². The largest absolute Gasteiger partial charge is 0.507 e. The minimum absolute atomic E-state index is 0.0198. The number of aromatic hydroxyl groups is 1. The first-order chi connectivity index (χ1) is 9.11. The van der Waals surface area contributed by atoms with Gasteiger partial charge in [-0.1, -0.05) is 12.1 Å². The molecule has 0 saturated carbocycles. The fraction of sp³-hybridized carbons (Fsp3) is 0.0667. The Labute approximate surface area is 110 Å². The summed E-state index contributed by atoms with van der Waals surface area (Å²) in [7, 11) is 0. The van der Waals surface area contributed by atoms with Crippen LogP contribution in [0.1, 0.15) is 21.5 Å². The van der Waals surface area contributed by atoms with Crippen LogP contribution >= 0.6 is 0 Å². The van der Waals surface area contributed by atoms with Crippen LogP contribution in [0.5, 0.6) is 5.75 Å². The zero-order chi connectivity index (χ0) is 13.8. The molecule has 0 aliphatic rings. The van der Waals surface area contributed by atoms with E-state index in [1.807, 2.05) is 6.07 Å². The zero-order valence-electron chi connectivity index (χ0n) is 10.3. The van der Waals surface area contributed by atoms with Crippen molar-refractivity contribution < 1.29 is 9.90 Å². The summed E-state index contributed by atoms with van der Waals surface area (Å²) in [6, 6.07) is 13.5. The van der Waals surface area contributed by atoms with Gasteiger partial charge in [0.15, 0.2) is 0 Å². The van der Waals surface area contributed by atoms with Crippen LogP contribution < -0.4 is 5.32 Å². The molecular weight excluding hydrogens is 240 g/mol. The van der Waals surface area contributed by atoms with Gasteiger partial charge in [-0.2, -0.15) is 5.26 Å². The minimum atomic E-state index is -0.383. The van der Waals surface area contributed by atoms with E-state index in [0.29, 0.717) is 16.8 Å². The Morgan fingerprint density at radius 1 is 1.21 bits per heavy atom. The van der Waals surface area contributed by atoms with E-state index in [-0.39, 0.29) is 17.2 Å². The van der Waals surface area contributed by atoms with Crippen molar-refractivity contribution in [2.75, 3.05) is 5.32 Å². The number of carbonyl (C=O) groups excluding carboxylic acids is 1. The Morgan fingerprint density at radius 2 is 1.89 bits per heavy atom. The number of aryl methyl sites for hydroxylation is 1. The maximum atomic E-state index is 12.0. The monoisotopic (exact) mass is 252 g/mol. The lowest BCUT2D eigenvalue weighted by Crippen LogP contribution is -2.12. The van der Waals surface area contributed by atoms with E-state index in [4.69, 9.17) is 5.26 Å². The SMILES string of the molecule is Cc1cccc(C(=O)Nc2ccc(C#N)cc2)c1O. The van der Waals surface area contributed by atoms with E-state index in [1.165, 1.54) is 0 Å². The second kappa shape index (κ2) is 5.23. The zero-order valence-corrected chi connectivity index (χ0v) is 10.3. The Bertz CT molecular complexity index is 655. The van der Waals surface area contributed by atoms with Gasteiger partial charge in [-0.3, -0.25) is 4.79 Å². The molecule has 0 aliphatic carbocycles. The van der Waals surface area contributed by atoms with Crippen LogP contribution in [0, 0.1) is 18.3 Å².